The summed E-state index contributed by atoms with van der Waals surface area (Å²) in [6, 6.07) is 15.1. The predicted molar refractivity (Wildman–Crippen MR) is 124 cm³/mol. The molecule has 34 heavy (non-hydrogen) atoms. The molecule has 1 unspecified atom stereocenters. The third kappa shape index (κ3) is 4.78. The van der Waals surface area contributed by atoms with Gasteiger partial charge in [0.25, 0.3) is 5.56 Å². The molecule has 0 saturated carbocycles. The number of ether oxygens (including phenoxy) is 1. The van der Waals surface area contributed by atoms with Crippen LogP contribution in [0.1, 0.15) is 16.7 Å². The molecule has 0 saturated heterocycles. The lowest BCUT2D eigenvalue weighted by Gasteiger charge is -2.15. The number of benzene rings is 2. The van der Waals surface area contributed by atoms with E-state index >= 15 is 0 Å². The van der Waals surface area contributed by atoms with E-state index in [-0.39, 0.29) is 10.2 Å². The first-order chi connectivity index (χ1) is 16.0. The summed E-state index contributed by atoms with van der Waals surface area (Å²) < 4.78 is 45.2. The van der Waals surface area contributed by atoms with Crippen LogP contribution in [0.15, 0.2) is 58.1 Å². The van der Waals surface area contributed by atoms with Crippen molar-refractivity contribution in [1.29, 1.82) is 0 Å². The summed E-state index contributed by atoms with van der Waals surface area (Å²) in [6.07, 6.45) is -7.64. The zero-order valence-corrected chi connectivity index (χ0v) is 19.1. The Morgan fingerprint density at radius 1 is 1.06 bits per heavy atom. The van der Waals surface area contributed by atoms with E-state index in [1.165, 1.54) is 0 Å². The number of nitrogens with zero attached hydrogens (tertiary/aromatic N) is 1. The van der Waals surface area contributed by atoms with Gasteiger partial charge in [0.05, 0.1) is 11.9 Å². The molecule has 0 fully saturated rings. The SMILES string of the molecule is Cc1ccc(COc2ccc(-c3sc4c(c3C)c(=O)[nH]c(=O)n4CC(O)C(F)(F)F)cc2)cc1. The maximum Gasteiger partial charge on any atom is 0.416 e. The number of rotatable bonds is 6. The van der Waals surface area contributed by atoms with E-state index in [1.807, 2.05) is 36.2 Å². The van der Waals surface area contributed by atoms with Gasteiger partial charge in [0.1, 0.15) is 17.2 Å². The number of thiophene rings is 1. The van der Waals surface area contributed by atoms with Gasteiger partial charge in [0.15, 0.2) is 6.10 Å². The predicted octanol–water partition coefficient (Wildman–Crippen LogP) is 4.54. The van der Waals surface area contributed by atoms with E-state index in [0.717, 1.165) is 32.6 Å². The quantitative estimate of drug-likeness (QED) is 0.416. The van der Waals surface area contributed by atoms with Crippen molar-refractivity contribution >= 4 is 21.6 Å². The summed E-state index contributed by atoms with van der Waals surface area (Å²) in [5.41, 5.74) is 1.74. The van der Waals surface area contributed by atoms with Crippen LogP contribution in [0.4, 0.5) is 13.2 Å². The first-order valence-electron chi connectivity index (χ1n) is 10.3. The largest absolute Gasteiger partial charge is 0.489 e. The number of aliphatic hydroxyl groups is 1. The van der Waals surface area contributed by atoms with Gasteiger partial charge in [-0.3, -0.25) is 14.3 Å². The van der Waals surface area contributed by atoms with Crippen LogP contribution in [-0.2, 0) is 13.2 Å². The maximum atomic E-state index is 12.9. The van der Waals surface area contributed by atoms with Crippen LogP contribution in [0.2, 0.25) is 0 Å². The highest BCUT2D eigenvalue weighted by atomic mass is 32.1. The van der Waals surface area contributed by atoms with Crippen molar-refractivity contribution in [3.05, 3.63) is 86.1 Å². The topological polar surface area (TPSA) is 84.3 Å². The lowest BCUT2D eigenvalue weighted by Crippen LogP contribution is -2.38. The first kappa shape index (κ1) is 23.8. The summed E-state index contributed by atoms with van der Waals surface area (Å²) in [5.74, 6) is 0.631. The summed E-state index contributed by atoms with van der Waals surface area (Å²) >= 11 is 1.03. The average molecular weight is 491 g/mol. The second kappa shape index (κ2) is 9.11. The molecular formula is C24H21F3N2O4S. The van der Waals surface area contributed by atoms with E-state index in [4.69, 9.17) is 4.74 Å². The second-order valence-electron chi connectivity index (χ2n) is 7.96. The minimum Gasteiger partial charge on any atom is -0.489 e. The van der Waals surface area contributed by atoms with Crippen molar-refractivity contribution in [3.63, 3.8) is 0 Å². The Bertz CT molecular complexity index is 1440. The Balaban J connectivity index is 1.65. The summed E-state index contributed by atoms with van der Waals surface area (Å²) in [6.45, 7) is 3.05. The number of aliphatic hydroxyl groups excluding tert-OH is 1. The number of alkyl halides is 3. The number of halogens is 3. The van der Waals surface area contributed by atoms with Crippen LogP contribution in [0.25, 0.3) is 20.7 Å². The molecule has 2 aromatic heterocycles. The standard InChI is InChI=1S/C24H21F3N2O4S/c1-13-3-5-15(6-4-13)12-33-17-9-7-16(8-10-17)20-14(2)19-21(31)28-23(32)29(22(19)34-20)11-18(30)24(25,26)27/h3-10,18,30H,11-12H2,1-2H3,(H,28,31,32). The molecule has 178 valence electrons. The normalized spacial score (nSPS) is 12.8. The molecule has 1 atom stereocenters. The van der Waals surface area contributed by atoms with E-state index in [1.54, 1.807) is 31.2 Å². The zero-order valence-electron chi connectivity index (χ0n) is 18.3. The molecular weight excluding hydrogens is 469 g/mol. The summed E-state index contributed by atoms with van der Waals surface area (Å²) in [4.78, 5) is 27.4. The Kier molecular flexibility index (Phi) is 6.37. The van der Waals surface area contributed by atoms with Crippen molar-refractivity contribution in [3.8, 4) is 16.2 Å². The van der Waals surface area contributed by atoms with Crippen LogP contribution >= 0.6 is 11.3 Å². The molecule has 0 spiro atoms. The third-order valence-corrected chi connectivity index (χ3v) is 6.81. The van der Waals surface area contributed by atoms with Gasteiger partial charge in [-0.25, -0.2) is 4.79 Å². The van der Waals surface area contributed by atoms with Crippen molar-refractivity contribution < 1.29 is 23.0 Å². The van der Waals surface area contributed by atoms with Gasteiger partial charge in [-0.05, 0) is 54.8 Å². The second-order valence-corrected chi connectivity index (χ2v) is 8.96. The molecule has 2 heterocycles. The van der Waals surface area contributed by atoms with Crippen molar-refractivity contribution in [1.82, 2.24) is 9.55 Å². The van der Waals surface area contributed by atoms with Crippen LogP contribution < -0.4 is 16.0 Å². The Morgan fingerprint density at radius 2 is 1.71 bits per heavy atom. The zero-order chi connectivity index (χ0) is 24.6. The highest BCUT2D eigenvalue weighted by molar-refractivity contribution is 7.22. The smallest absolute Gasteiger partial charge is 0.416 e. The minimum atomic E-state index is -4.90. The molecule has 4 rings (SSSR count). The Hall–Kier alpha value is -3.37. The van der Waals surface area contributed by atoms with Gasteiger partial charge in [-0.1, -0.05) is 29.8 Å². The van der Waals surface area contributed by atoms with E-state index in [9.17, 15) is 27.9 Å². The molecule has 0 aliphatic heterocycles. The minimum absolute atomic E-state index is 0.0734. The van der Waals surface area contributed by atoms with Crippen LogP contribution in [0.5, 0.6) is 5.75 Å². The fourth-order valence-corrected chi connectivity index (χ4v) is 4.86. The third-order valence-electron chi connectivity index (χ3n) is 5.44. The van der Waals surface area contributed by atoms with E-state index in [2.05, 4.69) is 0 Å². The van der Waals surface area contributed by atoms with Crippen LogP contribution in [0, 0.1) is 13.8 Å². The fraction of sp³-hybridized carbons (Fsp3) is 0.250. The summed E-state index contributed by atoms with van der Waals surface area (Å²) in [7, 11) is 0. The highest BCUT2D eigenvalue weighted by Gasteiger charge is 2.39. The van der Waals surface area contributed by atoms with Crippen molar-refractivity contribution in [2.45, 2.75) is 39.3 Å². The van der Waals surface area contributed by atoms with E-state index < -0.39 is 30.1 Å². The molecule has 10 heteroatoms. The van der Waals surface area contributed by atoms with Gasteiger partial charge < -0.3 is 9.84 Å². The molecule has 0 amide bonds. The molecule has 0 bridgehead atoms. The molecule has 2 aromatic carbocycles. The number of fused-ring (bicyclic) bond motifs is 1. The molecule has 6 nitrogen and oxygen atoms in total. The monoisotopic (exact) mass is 490 g/mol. The number of H-pyrrole nitrogens is 1. The Labute approximate surface area is 195 Å². The van der Waals surface area contributed by atoms with Gasteiger partial charge in [0.2, 0.25) is 0 Å². The first-order valence-corrected chi connectivity index (χ1v) is 11.2. The molecule has 0 radical (unpaired) electrons. The maximum absolute atomic E-state index is 12.9. The molecule has 4 aromatic rings. The average Bonchev–Trinajstić information content (AvgIpc) is 3.13. The molecule has 2 N–H and O–H groups in total. The van der Waals surface area contributed by atoms with Crippen molar-refractivity contribution in [2.24, 2.45) is 0 Å². The number of aromatic nitrogens is 2. The van der Waals surface area contributed by atoms with Crippen LogP contribution in [-0.4, -0.2) is 26.9 Å². The van der Waals surface area contributed by atoms with Crippen molar-refractivity contribution in [2.75, 3.05) is 0 Å². The van der Waals surface area contributed by atoms with Gasteiger partial charge in [-0.2, -0.15) is 13.2 Å². The molecule has 0 aliphatic rings. The molecule has 0 aliphatic carbocycles. The summed E-state index contributed by atoms with van der Waals surface area (Å²) in [5, 5.41) is 9.60. The van der Waals surface area contributed by atoms with Gasteiger partial charge in [0, 0.05) is 4.88 Å². The van der Waals surface area contributed by atoms with Crippen LogP contribution in [0.3, 0.4) is 0 Å². The Morgan fingerprint density at radius 3 is 2.32 bits per heavy atom. The number of hydrogen-bond donors (Lipinski definition) is 2. The fourth-order valence-electron chi connectivity index (χ4n) is 3.55. The lowest BCUT2D eigenvalue weighted by atomic mass is 10.1. The number of aryl methyl sites for hydroxylation is 2. The van der Waals surface area contributed by atoms with E-state index in [0.29, 0.717) is 22.8 Å². The number of aromatic amines is 1. The van der Waals surface area contributed by atoms with Gasteiger partial charge >= 0.3 is 11.9 Å². The lowest BCUT2D eigenvalue weighted by molar-refractivity contribution is -0.207. The highest BCUT2D eigenvalue weighted by Crippen LogP contribution is 2.37. The van der Waals surface area contributed by atoms with Gasteiger partial charge in [-0.15, -0.1) is 11.3 Å². The number of nitrogens with one attached hydrogen (secondary N) is 1. The number of hydrogen-bond acceptors (Lipinski definition) is 5.